The van der Waals surface area contributed by atoms with Crippen molar-refractivity contribution in [3.8, 4) is 0 Å². The molecule has 0 saturated carbocycles. The Morgan fingerprint density at radius 3 is 2.00 bits per heavy atom. The van der Waals surface area contributed by atoms with Gasteiger partial charge in [0.1, 0.15) is 6.61 Å². The molecule has 6 atom stereocenters. The van der Waals surface area contributed by atoms with Crippen LogP contribution in [0.2, 0.25) is 0 Å². The second kappa shape index (κ2) is 16.0. The van der Waals surface area contributed by atoms with Gasteiger partial charge in [0.2, 0.25) is 0 Å². The number of aliphatic carboxylic acids is 1. The molecule has 0 radical (unpaired) electrons. The average molecular weight is 643 g/mol. The van der Waals surface area contributed by atoms with Crippen molar-refractivity contribution in [1.29, 1.82) is 0 Å². The predicted molar refractivity (Wildman–Crippen MR) is 176 cm³/mol. The van der Waals surface area contributed by atoms with Crippen molar-refractivity contribution < 1.29 is 38.6 Å². The summed E-state index contributed by atoms with van der Waals surface area (Å²) in [6.07, 6.45) is 0.323. The summed E-state index contributed by atoms with van der Waals surface area (Å²) >= 11 is 0. The van der Waals surface area contributed by atoms with Crippen LogP contribution in [0.25, 0.3) is 0 Å². The molecule has 1 amide bonds. The van der Waals surface area contributed by atoms with Crippen LogP contribution in [0.1, 0.15) is 60.0 Å². The summed E-state index contributed by atoms with van der Waals surface area (Å²) in [5.41, 5.74) is 2.84. The Balaban J connectivity index is 1.59. The van der Waals surface area contributed by atoms with Crippen LogP contribution in [-0.2, 0) is 28.7 Å². The summed E-state index contributed by atoms with van der Waals surface area (Å²) in [7, 11) is 3.80. The number of carbonyl (C=O) groups is 5. The van der Waals surface area contributed by atoms with Crippen LogP contribution in [0.5, 0.6) is 0 Å². The number of nitrogens with one attached hydrogen (secondary N) is 1. The van der Waals surface area contributed by atoms with E-state index in [-0.39, 0.29) is 25.5 Å². The molecule has 248 valence electrons. The molecule has 1 aliphatic rings. The van der Waals surface area contributed by atoms with Gasteiger partial charge in [0.25, 0.3) is 5.91 Å². The highest BCUT2D eigenvalue weighted by Crippen LogP contribution is 2.44. The van der Waals surface area contributed by atoms with Crippen LogP contribution in [0.3, 0.4) is 0 Å². The third-order valence-corrected chi connectivity index (χ3v) is 8.95. The molecule has 10 heteroatoms. The SMILES string of the molecule is CCC(c1ccccc1)C(C(=O)OCCNC(=O)c1ccc(N(C)C)cc1)C(CC(c1ccccc1)C1C(=O)OC(=O)C1C)C(=O)O. The maximum absolute atomic E-state index is 14.0. The molecule has 3 aromatic carbocycles. The van der Waals surface area contributed by atoms with E-state index in [9.17, 15) is 29.1 Å². The number of esters is 3. The topological polar surface area (TPSA) is 139 Å². The van der Waals surface area contributed by atoms with Gasteiger partial charge in [-0.3, -0.25) is 24.0 Å². The molecule has 4 rings (SSSR count). The second-order valence-corrected chi connectivity index (χ2v) is 12.1. The summed E-state index contributed by atoms with van der Waals surface area (Å²) in [6.45, 7) is 3.32. The molecule has 3 aromatic rings. The van der Waals surface area contributed by atoms with Gasteiger partial charge < -0.3 is 24.8 Å². The Hall–Kier alpha value is -4.99. The molecule has 6 unspecified atom stereocenters. The van der Waals surface area contributed by atoms with Gasteiger partial charge in [0.15, 0.2) is 0 Å². The van der Waals surface area contributed by atoms with E-state index in [4.69, 9.17) is 9.47 Å². The minimum atomic E-state index is -1.28. The fraction of sp³-hybridized carbons (Fsp3) is 0.378. The number of rotatable bonds is 15. The van der Waals surface area contributed by atoms with Gasteiger partial charge in [-0.25, -0.2) is 0 Å². The first kappa shape index (κ1) is 34.9. The minimum absolute atomic E-state index is 0.0206. The van der Waals surface area contributed by atoms with Crippen molar-refractivity contribution in [3.05, 3.63) is 102 Å². The number of ether oxygens (including phenoxy) is 2. The standard InChI is InChI=1S/C37H42N2O8/c1-5-28(24-12-8-6-9-13-24)32(36(44)46-21-20-38-33(40)26-16-18-27(19-17-26)39(3)4)30(34(41)42)22-29(25-14-10-7-11-15-25)31-23(2)35(43)47-37(31)45/h6-19,23,28-32H,5,20-22H2,1-4H3,(H,38,40)(H,41,42). The largest absolute Gasteiger partial charge is 0.481 e. The van der Waals surface area contributed by atoms with E-state index >= 15 is 0 Å². The van der Waals surface area contributed by atoms with E-state index in [1.54, 1.807) is 49.4 Å². The van der Waals surface area contributed by atoms with Gasteiger partial charge in [-0.1, -0.05) is 74.5 Å². The molecule has 1 fully saturated rings. The average Bonchev–Trinajstić information content (AvgIpc) is 3.33. The maximum Gasteiger partial charge on any atom is 0.318 e. The van der Waals surface area contributed by atoms with Gasteiger partial charge in [-0.2, -0.15) is 0 Å². The van der Waals surface area contributed by atoms with E-state index in [2.05, 4.69) is 5.32 Å². The Morgan fingerprint density at radius 2 is 1.49 bits per heavy atom. The zero-order valence-corrected chi connectivity index (χ0v) is 27.1. The number of nitrogens with zero attached hydrogens (tertiary/aromatic N) is 1. The number of carboxylic acid groups (broad SMARTS) is 1. The van der Waals surface area contributed by atoms with Crippen LogP contribution < -0.4 is 10.2 Å². The number of hydrogen-bond donors (Lipinski definition) is 2. The molecule has 1 aliphatic heterocycles. The number of cyclic esters (lactones) is 2. The van der Waals surface area contributed by atoms with Crippen molar-refractivity contribution >= 4 is 35.5 Å². The zero-order valence-electron chi connectivity index (χ0n) is 27.1. The van der Waals surface area contributed by atoms with Gasteiger partial charge in [0, 0.05) is 25.3 Å². The lowest BCUT2D eigenvalue weighted by molar-refractivity contribution is -0.159. The summed E-state index contributed by atoms with van der Waals surface area (Å²) in [5, 5.41) is 13.4. The molecule has 1 saturated heterocycles. The Morgan fingerprint density at radius 1 is 0.894 bits per heavy atom. The molecule has 2 N–H and O–H groups in total. The van der Waals surface area contributed by atoms with E-state index in [0.717, 1.165) is 11.3 Å². The summed E-state index contributed by atoms with van der Waals surface area (Å²) in [6, 6.07) is 25.2. The van der Waals surface area contributed by atoms with Gasteiger partial charge in [-0.05, 0) is 60.1 Å². The van der Waals surface area contributed by atoms with Crippen LogP contribution in [0.15, 0.2) is 84.9 Å². The van der Waals surface area contributed by atoms with Gasteiger partial charge in [0.05, 0.1) is 30.2 Å². The van der Waals surface area contributed by atoms with Gasteiger partial charge in [-0.15, -0.1) is 0 Å². The predicted octanol–water partition coefficient (Wildman–Crippen LogP) is 5.05. The summed E-state index contributed by atoms with van der Waals surface area (Å²) < 4.78 is 10.6. The number of carboxylic acids is 1. The first-order chi connectivity index (χ1) is 22.5. The third-order valence-electron chi connectivity index (χ3n) is 8.95. The normalized spacial score (nSPS) is 18.4. The Labute approximate surface area is 275 Å². The minimum Gasteiger partial charge on any atom is -0.481 e. The highest BCUT2D eigenvalue weighted by Gasteiger charge is 2.49. The monoisotopic (exact) mass is 642 g/mol. The lowest BCUT2D eigenvalue weighted by Gasteiger charge is -2.33. The van der Waals surface area contributed by atoms with Crippen molar-refractivity contribution in [2.45, 2.75) is 38.5 Å². The molecule has 0 spiro atoms. The smallest absolute Gasteiger partial charge is 0.318 e. The Kier molecular flexibility index (Phi) is 11.9. The third kappa shape index (κ3) is 8.44. The highest BCUT2D eigenvalue weighted by molar-refractivity contribution is 5.97. The van der Waals surface area contributed by atoms with Crippen LogP contribution in [0, 0.1) is 23.7 Å². The molecule has 0 bridgehead atoms. The van der Waals surface area contributed by atoms with Crippen molar-refractivity contribution in [3.63, 3.8) is 0 Å². The fourth-order valence-corrected chi connectivity index (χ4v) is 6.42. The number of carbonyl (C=O) groups excluding carboxylic acids is 4. The molecular weight excluding hydrogens is 600 g/mol. The molecule has 10 nitrogen and oxygen atoms in total. The molecular formula is C37H42N2O8. The van der Waals surface area contributed by atoms with Crippen LogP contribution in [-0.4, -0.2) is 62.1 Å². The molecule has 0 aliphatic carbocycles. The second-order valence-electron chi connectivity index (χ2n) is 12.1. The van der Waals surface area contributed by atoms with Crippen molar-refractivity contribution in [1.82, 2.24) is 5.32 Å². The lowest BCUT2D eigenvalue weighted by atomic mass is 9.69. The van der Waals surface area contributed by atoms with Gasteiger partial charge >= 0.3 is 23.9 Å². The van der Waals surface area contributed by atoms with Crippen molar-refractivity contribution in [2.75, 3.05) is 32.1 Å². The first-order valence-corrected chi connectivity index (χ1v) is 15.8. The number of benzene rings is 3. The lowest BCUT2D eigenvalue weighted by Crippen LogP contribution is -2.39. The van der Waals surface area contributed by atoms with E-state index in [1.165, 1.54) is 0 Å². The zero-order chi connectivity index (χ0) is 34.1. The quantitative estimate of drug-likeness (QED) is 0.133. The molecule has 47 heavy (non-hydrogen) atoms. The van der Waals surface area contributed by atoms with E-state index in [0.29, 0.717) is 17.5 Å². The highest BCUT2D eigenvalue weighted by atomic mass is 16.6. The number of anilines is 1. The Bertz CT molecular complexity index is 1540. The molecule has 1 heterocycles. The molecule has 0 aromatic heterocycles. The first-order valence-electron chi connectivity index (χ1n) is 15.8. The van der Waals surface area contributed by atoms with Crippen LogP contribution in [0.4, 0.5) is 5.69 Å². The van der Waals surface area contributed by atoms with Crippen molar-refractivity contribution in [2.24, 2.45) is 23.7 Å². The number of amides is 1. The van der Waals surface area contributed by atoms with E-state index in [1.807, 2.05) is 68.4 Å². The summed E-state index contributed by atoms with van der Waals surface area (Å²) in [4.78, 5) is 67.0. The fourth-order valence-electron chi connectivity index (χ4n) is 6.42. The summed E-state index contributed by atoms with van der Waals surface area (Å²) in [5.74, 6) is -8.99. The van der Waals surface area contributed by atoms with E-state index < -0.39 is 59.4 Å². The maximum atomic E-state index is 14.0. The van der Waals surface area contributed by atoms with Crippen LogP contribution >= 0.6 is 0 Å². The number of hydrogen-bond acceptors (Lipinski definition) is 8.